The number of piperidine rings is 1. The van der Waals surface area contributed by atoms with Crippen LogP contribution in [-0.4, -0.2) is 43.2 Å². The molecule has 1 aromatic carbocycles. The van der Waals surface area contributed by atoms with Crippen LogP contribution in [0.4, 0.5) is 0 Å². The number of hydrogen-bond donors (Lipinski definition) is 0. The first-order valence-electron chi connectivity index (χ1n) is 8.83. The number of esters is 1. The number of carbonyl (C=O) groups is 1. The van der Waals surface area contributed by atoms with E-state index >= 15 is 0 Å². The second-order valence-electron chi connectivity index (χ2n) is 6.81. The molecule has 1 unspecified atom stereocenters. The molecule has 4 heteroatoms. The number of hydrogen-bond acceptors (Lipinski definition) is 4. The molecule has 0 aromatic heterocycles. The summed E-state index contributed by atoms with van der Waals surface area (Å²) in [5.74, 6) is 0.699. The summed E-state index contributed by atoms with van der Waals surface area (Å²) in [5.41, 5.74) is 0.462. The van der Waals surface area contributed by atoms with E-state index in [-0.39, 0.29) is 5.97 Å². The minimum absolute atomic E-state index is 0.0894. The zero-order valence-electron chi connectivity index (χ0n) is 14.7. The Morgan fingerprint density at radius 2 is 2.08 bits per heavy atom. The molecule has 0 amide bonds. The summed E-state index contributed by atoms with van der Waals surface area (Å²) in [6, 6.07) is 8.76. The van der Waals surface area contributed by atoms with Crippen LogP contribution in [-0.2, 0) is 14.9 Å². The molecule has 2 aliphatic rings. The molecule has 3 atom stereocenters. The third-order valence-corrected chi connectivity index (χ3v) is 5.57. The maximum atomic E-state index is 13.0. The lowest BCUT2D eigenvalue weighted by Gasteiger charge is -2.45. The molecule has 24 heavy (non-hydrogen) atoms. The van der Waals surface area contributed by atoms with Gasteiger partial charge in [0.2, 0.25) is 0 Å². The third kappa shape index (κ3) is 2.84. The number of ether oxygens (including phenoxy) is 2. The number of carbonyl (C=O) groups excluding carboxylic acids is 1. The minimum atomic E-state index is -0.561. The van der Waals surface area contributed by atoms with Crippen LogP contribution in [0, 0.1) is 0 Å². The predicted octanol–water partition coefficient (Wildman–Crippen LogP) is 3.31. The molecule has 0 N–H and O–H groups in total. The number of benzene rings is 1. The topological polar surface area (TPSA) is 38.8 Å². The van der Waals surface area contributed by atoms with Gasteiger partial charge in [-0.2, -0.15) is 0 Å². The van der Waals surface area contributed by atoms with Crippen LogP contribution < -0.4 is 4.74 Å². The zero-order valence-corrected chi connectivity index (χ0v) is 14.7. The van der Waals surface area contributed by atoms with Gasteiger partial charge in [0, 0.05) is 18.6 Å². The monoisotopic (exact) mass is 329 g/mol. The smallest absolute Gasteiger partial charge is 0.316 e. The molecule has 2 saturated heterocycles. The molecule has 0 radical (unpaired) electrons. The van der Waals surface area contributed by atoms with Crippen LogP contribution in [0.3, 0.4) is 0 Å². The van der Waals surface area contributed by atoms with E-state index in [1.165, 1.54) is 0 Å². The summed E-state index contributed by atoms with van der Waals surface area (Å²) in [6.07, 6.45) is 5.87. The third-order valence-electron chi connectivity index (χ3n) is 5.57. The molecule has 130 valence electrons. The van der Waals surface area contributed by atoms with Gasteiger partial charge in [-0.05, 0) is 50.3 Å². The van der Waals surface area contributed by atoms with Crippen molar-refractivity contribution >= 4 is 5.97 Å². The molecule has 2 bridgehead atoms. The fraction of sp³-hybridized carbons (Fsp3) is 0.550. The number of nitrogens with zero attached hydrogens (tertiary/aromatic N) is 1. The normalized spacial score (nSPS) is 29.2. The second-order valence-corrected chi connectivity index (χ2v) is 6.81. The van der Waals surface area contributed by atoms with Gasteiger partial charge in [0.15, 0.2) is 0 Å². The molecule has 2 heterocycles. The lowest BCUT2D eigenvalue weighted by molar-refractivity contribution is -0.153. The number of fused-ring (bicyclic) bond motifs is 2. The highest BCUT2D eigenvalue weighted by Gasteiger charge is 2.53. The van der Waals surface area contributed by atoms with E-state index in [0.29, 0.717) is 18.7 Å². The highest BCUT2D eigenvalue weighted by molar-refractivity contribution is 5.84. The molecular formula is C20H27NO3. The van der Waals surface area contributed by atoms with Crippen molar-refractivity contribution in [1.82, 2.24) is 4.90 Å². The Morgan fingerprint density at radius 3 is 2.67 bits per heavy atom. The Labute approximate surface area is 144 Å². The summed E-state index contributed by atoms with van der Waals surface area (Å²) < 4.78 is 10.9. The average Bonchev–Trinajstić information content (AvgIpc) is 2.84. The Kier molecular flexibility index (Phi) is 4.95. The highest BCUT2D eigenvalue weighted by Crippen LogP contribution is 2.48. The van der Waals surface area contributed by atoms with Gasteiger partial charge in [-0.3, -0.25) is 9.69 Å². The van der Waals surface area contributed by atoms with Crippen LogP contribution in [0.25, 0.3) is 0 Å². The SMILES string of the molecule is C=CCN1[C@@H]2CC[C@H]1CC(C(=O)OCC)(c1cccc(OC)c1)C2. The maximum absolute atomic E-state index is 13.0. The van der Waals surface area contributed by atoms with Gasteiger partial charge in [-0.25, -0.2) is 0 Å². The summed E-state index contributed by atoms with van der Waals surface area (Å²) in [5, 5.41) is 0. The summed E-state index contributed by atoms with van der Waals surface area (Å²) in [4.78, 5) is 15.5. The zero-order chi connectivity index (χ0) is 17.2. The van der Waals surface area contributed by atoms with Gasteiger partial charge in [0.1, 0.15) is 5.75 Å². The van der Waals surface area contributed by atoms with E-state index in [4.69, 9.17) is 9.47 Å². The highest BCUT2D eigenvalue weighted by atomic mass is 16.5. The van der Waals surface area contributed by atoms with Crippen molar-refractivity contribution in [3.8, 4) is 5.75 Å². The largest absolute Gasteiger partial charge is 0.497 e. The summed E-state index contributed by atoms with van der Waals surface area (Å²) in [6.45, 7) is 7.07. The Hall–Kier alpha value is -1.81. The van der Waals surface area contributed by atoms with Crippen molar-refractivity contribution < 1.29 is 14.3 Å². The van der Waals surface area contributed by atoms with Crippen LogP contribution in [0.15, 0.2) is 36.9 Å². The first-order valence-corrected chi connectivity index (χ1v) is 8.83. The van der Waals surface area contributed by atoms with Crippen LogP contribution in [0.1, 0.15) is 38.2 Å². The predicted molar refractivity (Wildman–Crippen MR) is 94.3 cm³/mol. The van der Waals surface area contributed by atoms with Gasteiger partial charge in [-0.15, -0.1) is 6.58 Å². The Morgan fingerprint density at radius 1 is 1.38 bits per heavy atom. The van der Waals surface area contributed by atoms with Crippen molar-refractivity contribution in [3.05, 3.63) is 42.5 Å². The molecule has 0 saturated carbocycles. The van der Waals surface area contributed by atoms with Gasteiger partial charge in [-0.1, -0.05) is 18.2 Å². The lowest BCUT2D eigenvalue weighted by Crippen LogP contribution is -2.53. The minimum Gasteiger partial charge on any atom is -0.497 e. The van der Waals surface area contributed by atoms with Crippen molar-refractivity contribution in [1.29, 1.82) is 0 Å². The molecule has 0 aliphatic carbocycles. The van der Waals surface area contributed by atoms with E-state index in [0.717, 1.165) is 43.5 Å². The second kappa shape index (κ2) is 6.98. The van der Waals surface area contributed by atoms with E-state index < -0.39 is 5.41 Å². The molecule has 4 nitrogen and oxygen atoms in total. The van der Waals surface area contributed by atoms with Crippen LogP contribution in [0.2, 0.25) is 0 Å². The quantitative estimate of drug-likeness (QED) is 0.593. The van der Waals surface area contributed by atoms with E-state index in [1.54, 1.807) is 7.11 Å². The first kappa shape index (κ1) is 17.0. The molecule has 3 rings (SSSR count). The lowest BCUT2D eigenvalue weighted by atomic mass is 9.70. The molecule has 2 fully saturated rings. The maximum Gasteiger partial charge on any atom is 0.316 e. The molecule has 1 aromatic rings. The molecular weight excluding hydrogens is 302 g/mol. The standard InChI is InChI=1S/C20H27NO3/c1-4-11-21-16-9-10-17(21)14-20(13-16,19(22)24-5-2)15-7-6-8-18(12-15)23-3/h4,6-8,12,16-17H,1,5,9-11,13-14H2,2-3H3/t16-,17+,20?. The van der Waals surface area contributed by atoms with Gasteiger partial charge in [0.25, 0.3) is 0 Å². The fourth-order valence-electron chi connectivity index (χ4n) is 4.50. The Bertz CT molecular complexity index is 599. The first-order chi connectivity index (χ1) is 11.6. The molecule has 2 aliphatic heterocycles. The van der Waals surface area contributed by atoms with Crippen molar-refractivity contribution in [2.45, 2.75) is 50.1 Å². The summed E-state index contributed by atoms with van der Waals surface area (Å²) >= 11 is 0. The van der Waals surface area contributed by atoms with E-state index in [1.807, 2.05) is 37.3 Å². The molecule has 0 spiro atoms. The van der Waals surface area contributed by atoms with Crippen LogP contribution >= 0.6 is 0 Å². The fourth-order valence-corrected chi connectivity index (χ4v) is 4.50. The number of methoxy groups -OCH3 is 1. The average molecular weight is 329 g/mol. The van der Waals surface area contributed by atoms with Crippen molar-refractivity contribution in [2.24, 2.45) is 0 Å². The van der Waals surface area contributed by atoms with Gasteiger partial charge >= 0.3 is 5.97 Å². The van der Waals surface area contributed by atoms with Crippen molar-refractivity contribution in [2.75, 3.05) is 20.3 Å². The van der Waals surface area contributed by atoms with Gasteiger partial charge < -0.3 is 9.47 Å². The van der Waals surface area contributed by atoms with E-state index in [2.05, 4.69) is 11.5 Å². The van der Waals surface area contributed by atoms with Gasteiger partial charge in [0.05, 0.1) is 19.1 Å². The summed E-state index contributed by atoms with van der Waals surface area (Å²) in [7, 11) is 1.66. The Balaban J connectivity index is 1.99. The van der Waals surface area contributed by atoms with Crippen molar-refractivity contribution in [3.63, 3.8) is 0 Å². The number of rotatable bonds is 6. The van der Waals surface area contributed by atoms with E-state index in [9.17, 15) is 4.79 Å². The van der Waals surface area contributed by atoms with Crippen LogP contribution in [0.5, 0.6) is 5.75 Å².